The van der Waals surface area contributed by atoms with Gasteiger partial charge in [0.1, 0.15) is 0 Å². The Balaban J connectivity index is 1.84. The summed E-state index contributed by atoms with van der Waals surface area (Å²) < 4.78 is 0. The van der Waals surface area contributed by atoms with E-state index in [2.05, 4.69) is 37.3 Å². The number of carboxylic acids is 1. The lowest BCUT2D eigenvalue weighted by Crippen LogP contribution is -2.19. The molecule has 2 aliphatic rings. The molecule has 0 radical (unpaired) electrons. The first-order valence-electron chi connectivity index (χ1n) is 8.07. The number of fused-ring (bicyclic) bond motifs is 3. The standard InChI is InChI=1S/C20H20O2/c1-13-5-7-17-14(11-13)3-2-4-15-12-16(6-8-18(15)17)20(9-10-20)19(21)22/h5-8,11-12H,2-4,9-10H2,1H3,(H,21,22). The van der Waals surface area contributed by atoms with Crippen molar-refractivity contribution in [3.05, 3.63) is 58.7 Å². The maximum Gasteiger partial charge on any atom is 0.314 e. The van der Waals surface area contributed by atoms with E-state index in [4.69, 9.17) is 0 Å². The van der Waals surface area contributed by atoms with Gasteiger partial charge in [0, 0.05) is 0 Å². The summed E-state index contributed by atoms with van der Waals surface area (Å²) in [5.74, 6) is -0.669. The zero-order valence-electron chi connectivity index (χ0n) is 12.9. The second kappa shape index (κ2) is 4.70. The zero-order valence-corrected chi connectivity index (χ0v) is 12.9. The highest BCUT2D eigenvalue weighted by Gasteiger charge is 2.51. The van der Waals surface area contributed by atoms with E-state index < -0.39 is 11.4 Å². The smallest absolute Gasteiger partial charge is 0.314 e. The summed E-state index contributed by atoms with van der Waals surface area (Å²) in [6, 6.07) is 13.0. The minimum absolute atomic E-state index is 0.600. The van der Waals surface area contributed by atoms with Gasteiger partial charge >= 0.3 is 5.97 Å². The molecular formula is C20H20O2. The van der Waals surface area contributed by atoms with Gasteiger partial charge in [-0.3, -0.25) is 4.79 Å². The third-order valence-electron chi connectivity index (χ3n) is 5.26. The number of aryl methyl sites for hydroxylation is 3. The maximum atomic E-state index is 11.6. The predicted octanol–water partition coefficient (Wildman–Crippen LogP) is 4.27. The second-order valence-corrected chi connectivity index (χ2v) is 6.77. The van der Waals surface area contributed by atoms with Crippen LogP contribution in [0.4, 0.5) is 0 Å². The first-order chi connectivity index (χ1) is 10.6. The third-order valence-corrected chi connectivity index (χ3v) is 5.26. The molecule has 0 heterocycles. The van der Waals surface area contributed by atoms with Crippen LogP contribution in [0, 0.1) is 6.92 Å². The summed E-state index contributed by atoms with van der Waals surface area (Å²) in [5, 5.41) is 9.51. The molecule has 0 bridgehead atoms. The molecule has 0 aromatic heterocycles. The van der Waals surface area contributed by atoms with Crippen LogP contribution in [0.1, 0.15) is 41.5 Å². The van der Waals surface area contributed by atoms with Crippen molar-refractivity contribution in [2.45, 2.75) is 44.4 Å². The summed E-state index contributed by atoms with van der Waals surface area (Å²) in [5.41, 5.74) is 7.05. The van der Waals surface area contributed by atoms with Gasteiger partial charge in [-0.1, -0.05) is 42.0 Å². The fourth-order valence-electron chi connectivity index (χ4n) is 3.77. The van der Waals surface area contributed by atoms with Crippen molar-refractivity contribution in [2.75, 3.05) is 0 Å². The molecule has 22 heavy (non-hydrogen) atoms. The summed E-state index contributed by atoms with van der Waals surface area (Å²) >= 11 is 0. The number of hydrogen-bond acceptors (Lipinski definition) is 1. The van der Waals surface area contributed by atoms with E-state index in [0.717, 1.165) is 37.7 Å². The highest BCUT2D eigenvalue weighted by Crippen LogP contribution is 2.49. The lowest BCUT2D eigenvalue weighted by Gasteiger charge is -2.15. The normalized spacial score (nSPS) is 18.0. The molecule has 0 spiro atoms. The van der Waals surface area contributed by atoms with Crippen LogP contribution >= 0.6 is 0 Å². The van der Waals surface area contributed by atoms with E-state index in [0.29, 0.717) is 0 Å². The van der Waals surface area contributed by atoms with E-state index in [-0.39, 0.29) is 0 Å². The first-order valence-corrected chi connectivity index (χ1v) is 8.07. The van der Waals surface area contributed by atoms with Crippen molar-refractivity contribution < 1.29 is 9.90 Å². The topological polar surface area (TPSA) is 37.3 Å². The second-order valence-electron chi connectivity index (χ2n) is 6.77. The summed E-state index contributed by atoms with van der Waals surface area (Å²) in [4.78, 5) is 11.6. The molecule has 2 aromatic carbocycles. The number of aliphatic carboxylic acids is 1. The number of benzene rings is 2. The molecular weight excluding hydrogens is 272 g/mol. The minimum Gasteiger partial charge on any atom is -0.481 e. The van der Waals surface area contributed by atoms with Crippen LogP contribution in [0.25, 0.3) is 11.1 Å². The highest BCUT2D eigenvalue weighted by molar-refractivity contribution is 5.85. The molecule has 2 heteroatoms. The van der Waals surface area contributed by atoms with Crippen LogP contribution in [0.15, 0.2) is 36.4 Å². The Hall–Kier alpha value is -2.09. The number of rotatable bonds is 2. The third kappa shape index (κ3) is 1.98. The zero-order chi connectivity index (χ0) is 15.3. The SMILES string of the molecule is Cc1ccc2c(c1)CCCc1cc(C3(C(=O)O)CC3)ccc1-2. The van der Waals surface area contributed by atoms with Crippen molar-refractivity contribution in [1.82, 2.24) is 0 Å². The Morgan fingerprint density at radius 1 is 1.00 bits per heavy atom. The first kappa shape index (κ1) is 13.6. The lowest BCUT2D eigenvalue weighted by molar-refractivity contribution is -0.140. The molecule has 1 saturated carbocycles. The van der Waals surface area contributed by atoms with Crippen LogP contribution in [-0.4, -0.2) is 11.1 Å². The van der Waals surface area contributed by atoms with Gasteiger partial charge < -0.3 is 5.11 Å². The van der Waals surface area contributed by atoms with Crippen molar-refractivity contribution in [3.8, 4) is 11.1 Å². The van der Waals surface area contributed by atoms with Crippen molar-refractivity contribution in [3.63, 3.8) is 0 Å². The number of hydrogen-bond donors (Lipinski definition) is 1. The molecule has 2 nitrogen and oxygen atoms in total. The molecule has 0 atom stereocenters. The van der Waals surface area contributed by atoms with Gasteiger partial charge in [-0.25, -0.2) is 0 Å². The molecule has 1 N–H and O–H groups in total. The van der Waals surface area contributed by atoms with E-state index >= 15 is 0 Å². The Kier molecular flexibility index (Phi) is 2.90. The molecule has 0 unspecified atom stereocenters. The molecule has 2 aliphatic carbocycles. The van der Waals surface area contributed by atoms with Crippen LogP contribution in [0.2, 0.25) is 0 Å². The quantitative estimate of drug-likeness (QED) is 0.897. The van der Waals surface area contributed by atoms with Crippen molar-refractivity contribution >= 4 is 5.97 Å². The molecule has 2 aromatic rings. The van der Waals surface area contributed by atoms with Crippen LogP contribution in [0.3, 0.4) is 0 Å². The van der Waals surface area contributed by atoms with Gasteiger partial charge in [-0.15, -0.1) is 0 Å². The van der Waals surface area contributed by atoms with Crippen LogP contribution in [-0.2, 0) is 23.1 Å². The molecule has 0 saturated heterocycles. The van der Waals surface area contributed by atoms with Gasteiger partial charge in [0.05, 0.1) is 5.41 Å². The monoisotopic (exact) mass is 292 g/mol. The summed E-state index contributed by atoms with van der Waals surface area (Å²) in [6.45, 7) is 2.14. The van der Waals surface area contributed by atoms with E-state index in [1.807, 2.05) is 6.07 Å². The molecule has 0 aliphatic heterocycles. The van der Waals surface area contributed by atoms with Gasteiger partial charge in [0.25, 0.3) is 0 Å². The minimum atomic E-state index is -0.669. The number of carboxylic acid groups (broad SMARTS) is 1. The predicted molar refractivity (Wildman–Crippen MR) is 87.2 cm³/mol. The average molecular weight is 292 g/mol. The summed E-state index contributed by atoms with van der Waals surface area (Å²) in [7, 11) is 0. The van der Waals surface area contributed by atoms with Gasteiger partial charge in [-0.05, 0) is 66.8 Å². The average Bonchev–Trinajstić information content (AvgIpc) is 3.30. The summed E-state index contributed by atoms with van der Waals surface area (Å²) in [6.07, 6.45) is 4.82. The number of carbonyl (C=O) groups is 1. The van der Waals surface area contributed by atoms with Crippen LogP contribution in [0.5, 0.6) is 0 Å². The largest absolute Gasteiger partial charge is 0.481 e. The van der Waals surface area contributed by atoms with E-state index in [9.17, 15) is 9.90 Å². The fourth-order valence-corrected chi connectivity index (χ4v) is 3.77. The maximum absolute atomic E-state index is 11.6. The molecule has 112 valence electrons. The fraction of sp³-hybridized carbons (Fsp3) is 0.350. The van der Waals surface area contributed by atoms with Crippen LogP contribution < -0.4 is 0 Å². The van der Waals surface area contributed by atoms with Crippen molar-refractivity contribution in [2.24, 2.45) is 0 Å². The molecule has 0 amide bonds. The van der Waals surface area contributed by atoms with Gasteiger partial charge in [0.15, 0.2) is 0 Å². The highest BCUT2D eigenvalue weighted by atomic mass is 16.4. The van der Waals surface area contributed by atoms with Gasteiger partial charge in [0.2, 0.25) is 0 Å². The Morgan fingerprint density at radius 2 is 1.64 bits per heavy atom. The lowest BCUT2D eigenvalue weighted by atomic mass is 9.89. The van der Waals surface area contributed by atoms with E-state index in [1.54, 1.807) is 0 Å². The molecule has 1 fully saturated rings. The Bertz CT molecular complexity index is 769. The Morgan fingerprint density at radius 3 is 2.27 bits per heavy atom. The Labute approximate surface area is 130 Å². The van der Waals surface area contributed by atoms with Crippen molar-refractivity contribution in [1.29, 1.82) is 0 Å². The van der Waals surface area contributed by atoms with E-state index in [1.165, 1.54) is 27.8 Å². The molecule has 4 rings (SSSR count). The van der Waals surface area contributed by atoms with Gasteiger partial charge in [-0.2, -0.15) is 0 Å².